The van der Waals surface area contributed by atoms with Crippen LogP contribution in [0.2, 0.25) is 0 Å². The molecule has 11 aromatic rings. The molecule has 7 aromatic carbocycles. The van der Waals surface area contributed by atoms with Gasteiger partial charge in [0.25, 0.3) is 0 Å². The average molecular weight is 669 g/mol. The zero-order valence-electron chi connectivity index (χ0n) is 27.4. The molecule has 4 heterocycles. The Morgan fingerprint density at radius 1 is 0.392 bits per heavy atom. The van der Waals surface area contributed by atoms with Crippen LogP contribution >= 0.6 is 11.3 Å². The third-order valence-electron chi connectivity index (χ3n) is 10.1. The number of aromatic nitrogens is 4. The Kier molecular flexibility index (Phi) is 6.09. The predicted molar refractivity (Wildman–Crippen MR) is 214 cm³/mol. The van der Waals surface area contributed by atoms with Crippen LogP contribution in [0.3, 0.4) is 0 Å². The molecule has 0 saturated heterocycles. The van der Waals surface area contributed by atoms with Crippen LogP contribution in [-0.2, 0) is 0 Å². The predicted octanol–water partition coefficient (Wildman–Crippen LogP) is 12.4. The SMILES string of the molecule is c1cc(-c2nc(-c3ccc(-n4c5ccccc5c5ccccc54)cc3)c3sc4ccccc4c3n2)cc(-n2c3ccccc3c3ccccc32)c1. The third-order valence-corrected chi connectivity index (χ3v) is 11.3. The maximum Gasteiger partial charge on any atom is 0.160 e. The molecular weight excluding hydrogens is 641 g/mol. The van der Waals surface area contributed by atoms with E-state index in [4.69, 9.17) is 9.97 Å². The Bertz CT molecular complexity index is 3040. The lowest BCUT2D eigenvalue weighted by Gasteiger charge is -2.12. The summed E-state index contributed by atoms with van der Waals surface area (Å²) in [6, 6.07) is 60.6. The monoisotopic (exact) mass is 668 g/mol. The maximum atomic E-state index is 5.36. The molecule has 0 N–H and O–H groups in total. The molecule has 0 aliphatic rings. The highest BCUT2D eigenvalue weighted by molar-refractivity contribution is 7.26. The summed E-state index contributed by atoms with van der Waals surface area (Å²) < 4.78 is 7.01. The molecule has 4 nitrogen and oxygen atoms in total. The fourth-order valence-electron chi connectivity index (χ4n) is 7.87. The Hall–Kier alpha value is -6.56. The number of fused-ring (bicyclic) bond motifs is 9. The number of thiophene rings is 1. The van der Waals surface area contributed by atoms with Crippen molar-refractivity contribution >= 4 is 75.3 Å². The summed E-state index contributed by atoms with van der Waals surface area (Å²) in [4.78, 5) is 10.6. The molecule has 0 amide bonds. The van der Waals surface area contributed by atoms with Crippen molar-refractivity contribution in [3.05, 3.63) is 170 Å². The lowest BCUT2D eigenvalue weighted by atomic mass is 10.1. The minimum absolute atomic E-state index is 0.718. The Balaban J connectivity index is 1.10. The third kappa shape index (κ3) is 4.25. The van der Waals surface area contributed by atoms with E-state index < -0.39 is 0 Å². The fourth-order valence-corrected chi connectivity index (χ4v) is 9.02. The lowest BCUT2D eigenvalue weighted by molar-refractivity contribution is 1.17. The summed E-state index contributed by atoms with van der Waals surface area (Å²) >= 11 is 1.76. The van der Waals surface area contributed by atoms with Crippen molar-refractivity contribution < 1.29 is 0 Å². The summed E-state index contributed by atoms with van der Waals surface area (Å²) in [5, 5.41) is 6.16. The van der Waals surface area contributed by atoms with Crippen molar-refractivity contribution in [2.24, 2.45) is 0 Å². The van der Waals surface area contributed by atoms with Gasteiger partial charge in [-0.3, -0.25) is 0 Å². The first-order valence-electron chi connectivity index (χ1n) is 17.2. The first kappa shape index (κ1) is 28.3. The maximum absolute atomic E-state index is 5.36. The van der Waals surface area contributed by atoms with Crippen molar-refractivity contribution in [3.8, 4) is 34.0 Å². The second kappa shape index (κ2) is 11.0. The topological polar surface area (TPSA) is 35.6 Å². The molecule has 0 spiro atoms. The van der Waals surface area contributed by atoms with E-state index in [2.05, 4.69) is 179 Å². The van der Waals surface area contributed by atoms with Crippen LogP contribution in [0.4, 0.5) is 0 Å². The van der Waals surface area contributed by atoms with Crippen LogP contribution in [0.25, 0.3) is 97.9 Å². The minimum atomic E-state index is 0.718. The van der Waals surface area contributed by atoms with E-state index in [0.29, 0.717) is 0 Å². The van der Waals surface area contributed by atoms with E-state index in [9.17, 15) is 0 Å². The van der Waals surface area contributed by atoms with Gasteiger partial charge in [0.1, 0.15) is 0 Å². The summed E-state index contributed by atoms with van der Waals surface area (Å²) in [5.74, 6) is 0.718. The number of nitrogens with zero attached hydrogens (tertiary/aromatic N) is 4. The zero-order valence-corrected chi connectivity index (χ0v) is 28.2. The van der Waals surface area contributed by atoms with Crippen LogP contribution in [0.5, 0.6) is 0 Å². The molecule has 51 heavy (non-hydrogen) atoms. The normalized spacial score (nSPS) is 11.9. The van der Waals surface area contributed by atoms with E-state index in [1.807, 2.05) is 0 Å². The summed E-state index contributed by atoms with van der Waals surface area (Å²) in [6.07, 6.45) is 0. The number of benzene rings is 7. The van der Waals surface area contributed by atoms with E-state index in [-0.39, 0.29) is 0 Å². The number of hydrogen-bond donors (Lipinski definition) is 0. The molecule has 0 radical (unpaired) electrons. The van der Waals surface area contributed by atoms with E-state index in [1.165, 1.54) is 48.3 Å². The van der Waals surface area contributed by atoms with Crippen LogP contribution in [0.1, 0.15) is 0 Å². The van der Waals surface area contributed by atoms with Crippen LogP contribution in [0, 0.1) is 0 Å². The van der Waals surface area contributed by atoms with Gasteiger partial charge in [-0.1, -0.05) is 115 Å². The molecule has 0 atom stereocenters. The average Bonchev–Trinajstić information content (AvgIpc) is 3.86. The minimum Gasteiger partial charge on any atom is -0.309 e. The van der Waals surface area contributed by atoms with Gasteiger partial charge in [0.2, 0.25) is 0 Å². The molecule has 0 bridgehead atoms. The summed E-state index contributed by atoms with van der Waals surface area (Å²) in [6.45, 7) is 0. The standard InChI is InChI=1S/C46H28N4S/c1-6-19-38-33(14-1)34-15-2-7-20-39(34)49(38)31-26-24-29(25-27-31)43-45-44(37-18-5-10-23-42(37)51-45)48-46(47-43)30-12-11-13-32(28-30)50-40-21-8-3-16-35(40)36-17-4-9-22-41(36)50/h1-28H. The van der Waals surface area contributed by atoms with Crippen LogP contribution < -0.4 is 0 Å². The molecule has 0 aliphatic carbocycles. The highest BCUT2D eigenvalue weighted by atomic mass is 32.1. The Labute approximate surface area is 297 Å². The molecule has 238 valence electrons. The summed E-state index contributed by atoms with van der Waals surface area (Å²) in [7, 11) is 0. The first-order valence-corrected chi connectivity index (χ1v) is 18.0. The number of para-hydroxylation sites is 4. The first-order chi connectivity index (χ1) is 25.3. The van der Waals surface area contributed by atoms with Gasteiger partial charge in [0, 0.05) is 54.1 Å². The molecule has 5 heteroatoms. The van der Waals surface area contributed by atoms with E-state index in [1.54, 1.807) is 11.3 Å². The van der Waals surface area contributed by atoms with Gasteiger partial charge < -0.3 is 9.13 Å². The molecule has 0 saturated carbocycles. The van der Waals surface area contributed by atoms with Gasteiger partial charge in [-0.05, 0) is 54.6 Å². The molecule has 0 fully saturated rings. The van der Waals surface area contributed by atoms with E-state index in [0.717, 1.165) is 49.6 Å². The highest BCUT2D eigenvalue weighted by Gasteiger charge is 2.19. The van der Waals surface area contributed by atoms with Crippen LogP contribution in [0.15, 0.2) is 170 Å². The molecule has 0 aliphatic heterocycles. The Morgan fingerprint density at radius 2 is 0.902 bits per heavy atom. The van der Waals surface area contributed by atoms with Crippen LogP contribution in [-0.4, -0.2) is 19.1 Å². The second-order valence-electron chi connectivity index (χ2n) is 13.0. The second-order valence-corrected chi connectivity index (χ2v) is 14.1. The van der Waals surface area contributed by atoms with Gasteiger partial charge in [-0.25, -0.2) is 9.97 Å². The number of rotatable bonds is 4. The van der Waals surface area contributed by atoms with Gasteiger partial charge >= 0.3 is 0 Å². The molecular formula is C46H28N4S. The smallest absolute Gasteiger partial charge is 0.160 e. The van der Waals surface area contributed by atoms with Crippen molar-refractivity contribution in [2.45, 2.75) is 0 Å². The quantitative estimate of drug-likeness (QED) is 0.187. The number of hydrogen-bond acceptors (Lipinski definition) is 3. The van der Waals surface area contributed by atoms with E-state index >= 15 is 0 Å². The zero-order chi connectivity index (χ0) is 33.5. The van der Waals surface area contributed by atoms with Gasteiger partial charge in [0.15, 0.2) is 5.82 Å². The van der Waals surface area contributed by atoms with Crippen molar-refractivity contribution in [1.82, 2.24) is 19.1 Å². The molecule has 11 rings (SSSR count). The van der Waals surface area contributed by atoms with Gasteiger partial charge in [-0.15, -0.1) is 11.3 Å². The largest absolute Gasteiger partial charge is 0.309 e. The van der Waals surface area contributed by atoms with Gasteiger partial charge in [-0.2, -0.15) is 0 Å². The van der Waals surface area contributed by atoms with Crippen molar-refractivity contribution in [2.75, 3.05) is 0 Å². The molecule has 0 unspecified atom stereocenters. The van der Waals surface area contributed by atoms with Gasteiger partial charge in [0.05, 0.1) is 38.0 Å². The highest BCUT2D eigenvalue weighted by Crippen LogP contribution is 2.41. The Morgan fingerprint density at radius 3 is 1.49 bits per heavy atom. The lowest BCUT2D eigenvalue weighted by Crippen LogP contribution is -1.97. The van der Waals surface area contributed by atoms with Crippen molar-refractivity contribution in [3.63, 3.8) is 0 Å². The fraction of sp³-hybridized carbons (Fsp3) is 0. The summed E-state index contributed by atoms with van der Waals surface area (Å²) in [5.41, 5.74) is 11.0. The van der Waals surface area contributed by atoms with Crippen molar-refractivity contribution in [1.29, 1.82) is 0 Å². The molecule has 4 aromatic heterocycles.